The van der Waals surface area contributed by atoms with Crippen LogP contribution >= 0.6 is 0 Å². The van der Waals surface area contributed by atoms with Crippen LogP contribution in [0, 0.1) is 19.3 Å². The molecule has 0 aliphatic carbocycles. The summed E-state index contributed by atoms with van der Waals surface area (Å²) in [7, 11) is 2.07. The van der Waals surface area contributed by atoms with Gasteiger partial charge >= 0.3 is 0 Å². The minimum atomic E-state index is 0.715. The molecule has 1 aliphatic heterocycles. The third-order valence-electron chi connectivity index (χ3n) is 4.49. The molecule has 2 aromatic carbocycles. The Kier molecular flexibility index (Phi) is 4.81. The van der Waals surface area contributed by atoms with E-state index in [1.165, 1.54) is 22.3 Å². The van der Waals surface area contributed by atoms with Gasteiger partial charge in [0.2, 0.25) is 0 Å². The first-order valence-electron chi connectivity index (χ1n) is 8.39. The monoisotopic (exact) mass is 319 g/mol. The van der Waals surface area contributed by atoms with Gasteiger partial charge in [-0.25, -0.2) is 0 Å². The predicted octanol–water partition coefficient (Wildman–Crippen LogP) is 3.77. The second kappa shape index (κ2) is 7.02. The van der Waals surface area contributed by atoms with Crippen molar-refractivity contribution in [1.29, 1.82) is 5.41 Å². The maximum absolute atomic E-state index is 8.36. The number of benzene rings is 2. The molecule has 0 unspecified atom stereocenters. The van der Waals surface area contributed by atoms with Crippen molar-refractivity contribution in [1.82, 2.24) is 10.2 Å². The van der Waals surface area contributed by atoms with E-state index in [9.17, 15) is 0 Å². The first-order valence-corrected chi connectivity index (χ1v) is 8.39. The van der Waals surface area contributed by atoms with Crippen LogP contribution in [-0.2, 0) is 6.54 Å². The van der Waals surface area contributed by atoms with E-state index in [0.29, 0.717) is 5.71 Å². The SMILES string of the molecule is Cc1cccc(CN/C(=C2/CN(C)CC2=N)c2ccccc2C)c1. The van der Waals surface area contributed by atoms with E-state index in [1.54, 1.807) is 0 Å². The molecule has 1 saturated heterocycles. The predicted molar refractivity (Wildman–Crippen MR) is 101 cm³/mol. The van der Waals surface area contributed by atoms with E-state index in [-0.39, 0.29) is 0 Å². The Morgan fingerprint density at radius 2 is 1.88 bits per heavy atom. The van der Waals surface area contributed by atoms with Gasteiger partial charge < -0.3 is 10.7 Å². The molecule has 0 bridgehead atoms. The average molecular weight is 319 g/mol. The van der Waals surface area contributed by atoms with Gasteiger partial charge in [0.25, 0.3) is 0 Å². The summed E-state index contributed by atoms with van der Waals surface area (Å²) in [6.07, 6.45) is 0. The molecule has 2 N–H and O–H groups in total. The molecule has 1 fully saturated rings. The van der Waals surface area contributed by atoms with Gasteiger partial charge in [-0.1, -0.05) is 54.1 Å². The Morgan fingerprint density at radius 1 is 1.08 bits per heavy atom. The van der Waals surface area contributed by atoms with Crippen molar-refractivity contribution in [3.8, 4) is 0 Å². The van der Waals surface area contributed by atoms with Crippen LogP contribution in [0.25, 0.3) is 5.70 Å². The molecule has 0 amide bonds. The first-order chi connectivity index (χ1) is 11.5. The van der Waals surface area contributed by atoms with Crippen molar-refractivity contribution < 1.29 is 0 Å². The Morgan fingerprint density at radius 3 is 2.54 bits per heavy atom. The lowest BCUT2D eigenvalue weighted by Crippen LogP contribution is -2.18. The van der Waals surface area contributed by atoms with Gasteiger partial charge in [0.1, 0.15) is 0 Å². The Hall–Kier alpha value is -2.39. The number of nitrogens with zero attached hydrogens (tertiary/aromatic N) is 1. The van der Waals surface area contributed by atoms with Crippen molar-refractivity contribution in [3.63, 3.8) is 0 Å². The quantitative estimate of drug-likeness (QED) is 0.900. The van der Waals surface area contributed by atoms with Crippen molar-refractivity contribution in [2.24, 2.45) is 0 Å². The lowest BCUT2D eigenvalue weighted by molar-refractivity contribution is 0.444. The van der Waals surface area contributed by atoms with Gasteiger partial charge in [0, 0.05) is 36.5 Å². The van der Waals surface area contributed by atoms with Gasteiger partial charge in [-0.05, 0) is 32.0 Å². The number of likely N-dealkylation sites (tertiary alicyclic amines) is 1. The fourth-order valence-electron chi connectivity index (χ4n) is 3.25. The average Bonchev–Trinajstić information content (AvgIpc) is 2.88. The van der Waals surface area contributed by atoms with E-state index in [4.69, 9.17) is 5.41 Å². The summed E-state index contributed by atoms with van der Waals surface area (Å²) in [6.45, 7) is 6.56. The third kappa shape index (κ3) is 3.57. The highest BCUT2D eigenvalue weighted by Crippen LogP contribution is 2.24. The highest BCUT2D eigenvalue weighted by Gasteiger charge is 2.23. The van der Waals surface area contributed by atoms with E-state index >= 15 is 0 Å². The maximum Gasteiger partial charge on any atom is 0.0520 e. The molecule has 0 aromatic heterocycles. The summed E-state index contributed by atoms with van der Waals surface area (Å²) in [5, 5.41) is 12.0. The van der Waals surface area contributed by atoms with Crippen LogP contribution in [0.15, 0.2) is 54.1 Å². The summed E-state index contributed by atoms with van der Waals surface area (Å²) in [5.41, 5.74) is 7.89. The Balaban J connectivity index is 1.96. The molecule has 2 aromatic rings. The summed E-state index contributed by atoms with van der Waals surface area (Å²) in [6, 6.07) is 17.0. The Bertz CT molecular complexity index is 789. The van der Waals surface area contributed by atoms with Gasteiger partial charge in [0.05, 0.1) is 5.71 Å². The van der Waals surface area contributed by atoms with Crippen LogP contribution in [-0.4, -0.2) is 30.7 Å². The molecular weight excluding hydrogens is 294 g/mol. The van der Waals surface area contributed by atoms with Gasteiger partial charge in [-0.15, -0.1) is 0 Å². The topological polar surface area (TPSA) is 39.1 Å². The fraction of sp³-hybridized carbons (Fsp3) is 0.286. The fourth-order valence-corrected chi connectivity index (χ4v) is 3.25. The van der Waals surface area contributed by atoms with Crippen LogP contribution in [0.4, 0.5) is 0 Å². The second-order valence-corrected chi connectivity index (χ2v) is 6.66. The number of hydrogen-bond donors (Lipinski definition) is 2. The van der Waals surface area contributed by atoms with Crippen molar-refractivity contribution in [3.05, 3.63) is 76.4 Å². The second-order valence-electron chi connectivity index (χ2n) is 6.66. The highest BCUT2D eigenvalue weighted by molar-refractivity contribution is 6.07. The molecule has 0 spiro atoms. The van der Waals surface area contributed by atoms with Crippen LogP contribution < -0.4 is 5.32 Å². The first kappa shape index (κ1) is 16.5. The molecule has 3 heteroatoms. The van der Waals surface area contributed by atoms with Crippen LogP contribution in [0.1, 0.15) is 22.3 Å². The van der Waals surface area contributed by atoms with E-state index < -0.39 is 0 Å². The van der Waals surface area contributed by atoms with Crippen LogP contribution in [0.3, 0.4) is 0 Å². The van der Waals surface area contributed by atoms with Gasteiger partial charge in [0.15, 0.2) is 0 Å². The molecule has 0 atom stereocenters. The van der Waals surface area contributed by atoms with Crippen LogP contribution in [0.5, 0.6) is 0 Å². The zero-order valence-corrected chi connectivity index (χ0v) is 14.7. The zero-order valence-electron chi connectivity index (χ0n) is 14.7. The number of nitrogens with one attached hydrogen (secondary N) is 2. The van der Waals surface area contributed by atoms with E-state index in [2.05, 4.69) is 79.6 Å². The molecule has 124 valence electrons. The summed E-state index contributed by atoms with van der Waals surface area (Å²) in [5.74, 6) is 0. The van der Waals surface area contributed by atoms with E-state index in [1.807, 2.05) is 0 Å². The van der Waals surface area contributed by atoms with Gasteiger partial charge in [-0.3, -0.25) is 4.90 Å². The van der Waals surface area contributed by atoms with Crippen molar-refractivity contribution >= 4 is 11.4 Å². The zero-order chi connectivity index (χ0) is 17.1. The molecule has 1 heterocycles. The number of aryl methyl sites for hydroxylation is 2. The third-order valence-corrected chi connectivity index (χ3v) is 4.49. The lowest BCUT2D eigenvalue weighted by atomic mass is 9.99. The van der Waals surface area contributed by atoms with Crippen molar-refractivity contribution in [2.45, 2.75) is 20.4 Å². The normalized spacial score (nSPS) is 17.2. The molecule has 0 radical (unpaired) electrons. The summed E-state index contributed by atoms with van der Waals surface area (Å²) >= 11 is 0. The molecule has 3 rings (SSSR count). The standard InChI is InChI=1S/C21H25N3/c1-15-7-6-9-17(11-15)12-23-21(18-10-5-4-8-16(18)2)19-13-24(3)14-20(19)22/h4-11,22-23H,12-14H2,1-3H3/b21-19-,22-20?. The smallest absolute Gasteiger partial charge is 0.0520 e. The van der Waals surface area contributed by atoms with Crippen LogP contribution in [0.2, 0.25) is 0 Å². The number of likely N-dealkylation sites (N-methyl/N-ethyl adjacent to an activating group) is 1. The minimum Gasteiger partial charge on any atom is -0.380 e. The van der Waals surface area contributed by atoms with E-state index in [0.717, 1.165) is 30.9 Å². The minimum absolute atomic E-state index is 0.715. The largest absolute Gasteiger partial charge is 0.380 e. The lowest BCUT2D eigenvalue weighted by Gasteiger charge is -2.17. The van der Waals surface area contributed by atoms with Gasteiger partial charge in [-0.2, -0.15) is 0 Å². The Labute approximate surface area is 144 Å². The molecule has 1 aliphatic rings. The maximum atomic E-state index is 8.36. The summed E-state index contributed by atoms with van der Waals surface area (Å²) < 4.78 is 0. The number of hydrogen-bond acceptors (Lipinski definition) is 3. The van der Waals surface area contributed by atoms with Crippen molar-refractivity contribution in [2.75, 3.05) is 20.1 Å². The number of rotatable bonds is 4. The molecule has 3 nitrogen and oxygen atoms in total. The molecular formula is C21H25N3. The molecule has 24 heavy (non-hydrogen) atoms. The highest BCUT2D eigenvalue weighted by atomic mass is 15.1. The molecule has 0 saturated carbocycles. The summed E-state index contributed by atoms with van der Waals surface area (Å²) in [4.78, 5) is 2.18.